The van der Waals surface area contributed by atoms with Crippen molar-refractivity contribution < 1.29 is 82.0 Å². The first-order valence-electron chi connectivity index (χ1n) is 31.7. The number of carboxylic acids is 1. The Morgan fingerprint density at radius 1 is 0.704 bits per heavy atom. The number of aliphatic imine (C=N–C) groups is 1. The number of aliphatic carboxylic acids is 1. The van der Waals surface area contributed by atoms with Gasteiger partial charge in [0.15, 0.2) is 5.96 Å². The summed E-state index contributed by atoms with van der Waals surface area (Å²) in [7, 11) is 0. The summed E-state index contributed by atoms with van der Waals surface area (Å²) in [6, 6.07) is -0.949. The first-order valence-corrected chi connectivity index (χ1v) is 31.7. The summed E-state index contributed by atoms with van der Waals surface area (Å²) in [6.45, 7) is 9.59. The van der Waals surface area contributed by atoms with Crippen LogP contribution in [-0.4, -0.2) is 199 Å². The number of rotatable bonds is 32. The van der Waals surface area contributed by atoms with Gasteiger partial charge in [0.25, 0.3) is 11.9 Å². The number of aromatic nitrogens is 3. The second-order valence-corrected chi connectivity index (χ2v) is 24.8. The van der Waals surface area contributed by atoms with Gasteiger partial charge < -0.3 is 94.3 Å². The lowest BCUT2D eigenvalue weighted by Gasteiger charge is -2.31. The number of H-pyrrole nitrogens is 2. The minimum absolute atomic E-state index is 0.00819. The number of ether oxygens (including phenoxy) is 2. The molecule has 35 heteroatoms. The predicted molar refractivity (Wildman–Crippen MR) is 351 cm³/mol. The highest BCUT2D eigenvalue weighted by molar-refractivity contribution is 6.00. The monoisotopic (exact) mass is 1370 g/mol. The molecule has 20 N–H and O–H groups in total. The summed E-state index contributed by atoms with van der Waals surface area (Å²) in [6.07, 6.45) is 4.75. The number of imidazole rings is 1. The van der Waals surface area contributed by atoms with Crippen LogP contribution in [0.25, 0.3) is 10.9 Å². The maximum Gasteiger partial charge on any atom is 0.330 e. The second kappa shape index (κ2) is 37.4. The van der Waals surface area contributed by atoms with E-state index in [9.17, 15) is 62.6 Å². The lowest BCUT2D eigenvalue weighted by atomic mass is 10.0. The summed E-state index contributed by atoms with van der Waals surface area (Å²) in [4.78, 5) is 190. The molecule has 35 nitrogen and oxygen atoms in total. The molecule has 2 aliphatic heterocycles. The van der Waals surface area contributed by atoms with Crippen LogP contribution in [-0.2, 0) is 86.3 Å². The lowest BCUT2D eigenvalue weighted by molar-refractivity contribution is -0.145. The average molecular weight is 1370 g/mol. The van der Waals surface area contributed by atoms with E-state index >= 15 is 0 Å². The van der Waals surface area contributed by atoms with E-state index in [0.717, 1.165) is 13.8 Å². The van der Waals surface area contributed by atoms with Gasteiger partial charge in [-0.2, -0.15) is 0 Å². The van der Waals surface area contributed by atoms with Gasteiger partial charge in [0, 0.05) is 81.6 Å². The van der Waals surface area contributed by atoms with E-state index in [0.29, 0.717) is 34.1 Å². The fourth-order valence-corrected chi connectivity index (χ4v) is 10.4. The van der Waals surface area contributed by atoms with Crippen LogP contribution in [0.3, 0.4) is 0 Å². The molecule has 9 atom stereocenters. The fraction of sp³-hybridized carbons (Fsp3) is 0.508. The van der Waals surface area contributed by atoms with Crippen molar-refractivity contribution in [1.29, 1.82) is 0 Å². The van der Waals surface area contributed by atoms with Gasteiger partial charge in [0.1, 0.15) is 66.7 Å². The van der Waals surface area contributed by atoms with Gasteiger partial charge in [0.05, 0.1) is 18.5 Å². The van der Waals surface area contributed by atoms with E-state index in [2.05, 4.69) is 67.9 Å². The Labute approximate surface area is 564 Å². The van der Waals surface area contributed by atoms with Crippen LogP contribution in [0.15, 0.2) is 72.2 Å². The number of nitrogens with two attached hydrogens (primary N) is 3. The van der Waals surface area contributed by atoms with Gasteiger partial charge in [-0.1, -0.05) is 44.2 Å². The molecule has 2 aliphatic rings. The lowest BCUT2D eigenvalue weighted by Crippen LogP contribution is -2.62. The number of aromatic amines is 2. The number of nitrogens with one attached hydrogen (secondary N) is 12. The van der Waals surface area contributed by atoms with Crippen molar-refractivity contribution >= 4 is 93.9 Å². The number of benzene rings is 2. The standard InChI is InChI=1S/C61H86N18O15.C2H4O2/c1-32(2)23-42(51(84)70-41(13-9-21-66-59(62)63)58(91)79-22-10-14-48(79)57(90)77-78-60(64)92)71-56(89)47(30-94-61(4,5)6)76-52(85)43(24-34-15-17-37(81)18-16-34)72-55(88)46(29-93-33(3)80)75-53(86)44(25-35-27-67-39-12-8-7-11-38(35)39)73-54(87)45(26-36-28-65-31-68-36)74-50(83)40-19-20-49(82)69-40;1-2(3)4/h7-8,11-12,15-18,27-28,31-32,40-48,67,81H,9-10,13-14,19-26,29-30H2,1-6H3,(H,65,68)(H,69,82)(H,70,84)(H,71,89)(H,72,88)(H,73,87)(H,74,83)(H,75,86)(H,76,85)(H,77,90)(H4,62,63,66)(H3,64,78,92);1H3,(H,3,4)/t40-,41-,42-,43-,44-,45-,46-,47-,48-;/m0./s1. The fourth-order valence-electron chi connectivity index (χ4n) is 10.4. The number of fused-ring (bicyclic) bond motifs is 1. The number of aromatic hydroxyl groups is 1. The minimum atomic E-state index is -1.80. The third kappa shape index (κ3) is 26.0. The highest BCUT2D eigenvalue weighted by atomic mass is 16.5. The first-order chi connectivity index (χ1) is 46.3. The molecular weight excluding hydrogens is 1280 g/mol. The molecule has 0 saturated carbocycles. The number of likely N-dealkylation sites (tertiary alicyclic amines) is 1. The van der Waals surface area contributed by atoms with Gasteiger partial charge in [-0.25, -0.2) is 15.2 Å². The van der Waals surface area contributed by atoms with Crippen LogP contribution in [0.1, 0.15) is 110 Å². The molecule has 0 radical (unpaired) electrons. The highest BCUT2D eigenvalue weighted by Crippen LogP contribution is 2.22. The number of esters is 1. The van der Waals surface area contributed by atoms with Gasteiger partial charge in [-0.05, 0) is 94.5 Å². The van der Waals surface area contributed by atoms with Crippen molar-refractivity contribution in [3.63, 3.8) is 0 Å². The zero-order valence-corrected chi connectivity index (χ0v) is 55.6. The predicted octanol–water partition coefficient (Wildman–Crippen LogP) is -2.44. The van der Waals surface area contributed by atoms with Crippen molar-refractivity contribution in [3.05, 3.63) is 84.1 Å². The molecule has 0 unspecified atom stereocenters. The van der Waals surface area contributed by atoms with Gasteiger partial charge >= 0.3 is 12.0 Å². The largest absolute Gasteiger partial charge is 0.508 e. The molecule has 2 fully saturated rings. The van der Waals surface area contributed by atoms with Crippen LogP contribution >= 0.6 is 0 Å². The normalized spacial score (nSPS) is 16.3. The van der Waals surface area contributed by atoms with Crippen molar-refractivity contribution in [3.8, 4) is 5.75 Å². The maximum atomic E-state index is 14.9. The third-order valence-electron chi connectivity index (χ3n) is 15.1. The second-order valence-electron chi connectivity index (χ2n) is 24.8. The molecule has 534 valence electrons. The molecule has 0 spiro atoms. The Hall–Kier alpha value is -10.9. The van der Waals surface area contributed by atoms with Gasteiger partial charge in [-0.15, -0.1) is 0 Å². The smallest absolute Gasteiger partial charge is 0.330 e. The molecule has 0 bridgehead atoms. The SMILES string of the molecule is CC(=O)O.CC(=O)OC[C@H](NC(=O)[C@H](Cc1c[nH]c2ccccc12)NC(=O)[C@H](Cc1cnc[nH]1)NC(=O)[C@@H]1CCC(=O)N1)C(=O)N[C@@H](Cc1ccc(O)cc1)C(=O)N[C@@H](COC(C)(C)C)C(=O)N[C@@H](CC(C)C)C(=O)N[C@@H](CCCN=C(N)N)C(=O)N1CCC[C@H]1C(=O)NNC(N)=O. The topological polar surface area (TPSA) is 539 Å². The number of carbonyl (C=O) groups is 13. The molecule has 98 heavy (non-hydrogen) atoms. The zero-order valence-electron chi connectivity index (χ0n) is 55.6. The molecule has 0 aliphatic carbocycles. The summed E-state index contributed by atoms with van der Waals surface area (Å²) in [5.41, 5.74) is 21.5. The quantitative estimate of drug-likeness (QED) is 0.00794. The van der Waals surface area contributed by atoms with Crippen molar-refractivity contribution in [2.45, 2.75) is 173 Å². The Morgan fingerprint density at radius 2 is 1.28 bits per heavy atom. The highest BCUT2D eigenvalue weighted by Gasteiger charge is 2.40. The molecule has 6 rings (SSSR count). The molecule has 2 saturated heterocycles. The third-order valence-corrected chi connectivity index (χ3v) is 15.1. The molecule has 4 aromatic rings. The number of amides is 12. The minimum Gasteiger partial charge on any atom is -0.508 e. The molecule has 4 heterocycles. The van der Waals surface area contributed by atoms with E-state index < -0.39 is 144 Å². The summed E-state index contributed by atoms with van der Waals surface area (Å²) >= 11 is 0. The number of phenolic OH excluding ortho intramolecular Hbond substituents is 1. The number of primary amides is 1. The van der Waals surface area contributed by atoms with E-state index in [-0.39, 0.29) is 94.4 Å². The van der Waals surface area contributed by atoms with Crippen molar-refractivity contribution in [1.82, 2.24) is 73.2 Å². The number of guanidine groups is 1. The molecular formula is C63H90N18O17. The molecule has 2 aromatic heterocycles. The molecule has 2 aromatic carbocycles. The number of hydrazine groups is 1. The van der Waals surface area contributed by atoms with E-state index in [4.69, 9.17) is 36.6 Å². The number of carbonyl (C=O) groups excluding carboxylic acids is 12. The summed E-state index contributed by atoms with van der Waals surface area (Å²) < 4.78 is 11.3. The van der Waals surface area contributed by atoms with E-state index in [1.807, 2.05) is 5.43 Å². The summed E-state index contributed by atoms with van der Waals surface area (Å²) in [5, 5.41) is 39.6. The number of hydrogen-bond acceptors (Lipinski definition) is 18. The van der Waals surface area contributed by atoms with Crippen LogP contribution in [0, 0.1) is 5.92 Å². The maximum absolute atomic E-state index is 14.9. The number of nitrogens with zero attached hydrogens (tertiary/aromatic N) is 3. The first kappa shape index (κ1) is 77.8. The average Bonchev–Trinajstić information content (AvgIpc) is 1.59. The summed E-state index contributed by atoms with van der Waals surface area (Å²) in [5.74, 6) is -10.4. The molecule has 12 amide bonds. The zero-order chi connectivity index (χ0) is 72.4. The number of urea groups is 1. The Kier molecular flexibility index (Phi) is 29.7. The Balaban J connectivity index is 0.00000421. The number of carboxylic acid groups (broad SMARTS) is 1. The van der Waals surface area contributed by atoms with Crippen molar-refractivity contribution in [2.24, 2.45) is 28.1 Å². The number of phenols is 1. The van der Waals surface area contributed by atoms with E-state index in [1.165, 1.54) is 41.7 Å². The number of hydrogen-bond donors (Lipinski definition) is 17. The van der Waals surface area contributed by atoms with E-state index in [1.54, 1.807) is 65.1 Å². The van der Waals surface area contributed by atoms with Crippen LogP contribution in [0.2, 0.25) is 0 Å². The van der Waals surface area contributed by atoms with Crippen LogP contribution < -0.4 is 70.6 Å². The van der Waals surface area contributed by atoms with Crippen LogP contribution in [0.5, 0.6) is 5.75 Å². The number of para-hydroxylation sites is 1. The van der Waals surface area contributed by atoms with Crippen LogP contribution in [0.4, 0.5) is 4.79 Å². The van der Waals surface area contributed by atoms with Crippen molar-refractivity contribution in [2.75, 3.05) is 26.3 Å². The van der Waals surface area contributed by atoms with Gasteiger partial charge in [0.2, 0.25) is 53.2 Å². The Morgan fingerprint density at radius 3 is 1.85 bits per heavy atom. The Bertz CT molecular complexity index is 3470. The van der Waals surface area contributed by atoms with Gasteiger partial charge in [-0.3, -0.25) is 68.0 Å².